The van der Waals surface area contributed by atoms with Gasteiger partial charge in [-0.1, -0.05) is 43.0 Å². The summed E-state index contributed by atoms with van der Waals surface area (Å²) in [4.78, 5) is 14.7. The van der Waals surface area contributed by atoms with E-state index in [2.05, 4.69) is 22.1 Å². The number of halogens is 1. The molecule has 2 heterocycles. The van der Waals surface area contributed by atoms with Crippen molar-refractivity contribution in [2.24, 2.45) is 5.92 Å². The van der Waals surface area contributed by atoms with Gasteiger partial charge >= 0.3 is 0 Å². The predicted molar refractivity (Wildman–Crippen MR) is 100 cm³/mol. The van der Waals surface area contributed by atoms with Crippen molar-refractivity contribution >= 4 is 39.8 Å². The summed E-state index contributed by atoms with van der Waals surface area (Å²) in [5.74, 6) is -1.18. The molecule has 3 aromatic rings. The monoisotopic (exact) mass is 373 g/mol. The van der Waals surface area contributed by atoms with Crippen LogP contribution >= 0.6 is 22.7 Å². The summed E-state index contributed by atoms with van der Waals surface area (Å²) in [6.45, 7) is 5.61. The molecule has 2 atom stereocenters. The minimum absolute atomic E-state index is 0.181. The van der Waals surface area contributed by atoms with Gasteiger partial charge in [0.05, 0.1) is 0 Å². The van der Waals surface area contributed by atoms with Crippen LogP contribution in [0.1, 0.15) is 28.2 Å². The molecule has 2 aromatic heterocycles. The molecule has 0 aliphatic carbocycles. The fraction of sp³-hybridized carbons (Fsp3) is 0.167. The van der Waals surface area contributed by atoms with E-state index in [9.17, 15) is 9.18 Å². The van der Waals surface area contributed by atoms with E-state index in [1.807, 2.05) is 25.1 Å². The molecule has 128 valence electrons. The third-order valence-corrected chi connectivity index (χ3v) is 5.64. The maximum absolute atomic E-state index is 13.8. The van der Waals surface area contributed by atoms with E-state index in [1.165, 1.54) is 23.5 Å². The molecule has 25 heavy (non-hydrogen) atoms. The lowest BCUT2D eigenvalue weighted by Crippen LogP contribution is -2.26. The molecule has 4 nitrogen and oxygen atoms in total. The Morgan fingerprint density at radius 3 is 2.84 bits per heavy atom. The van der Waals surface area contributed by atoms with Gasteiger partial charge in [-0.3, -0.25) is 4.79 Å². The molecule has 1 amide bonds. The van der Waals surface area contributed by atoms with Crippen LogP contribution in [0.3, 0.4) is 0 Å². The van der Waals surface area contributed by atoms with E-state index in [0.717, 1.165) is 15.3 Å². The Bertz CT molecular complexity index is 876. The first kappa shape index (κ1) is 17.4. The molecule has 0 spiro atoms. The Morgan fingerprint density at radius 2 is 2.20 bits per heavy atom. The number of hydrogen-bond acceptors (Lipinski definition) is 5. The number of amides is 1. The lowest BCUT2D eigenvalue weighted by molar-refractivity contribution is -0.119. The molecular formula is C18H16FN3OS2. The molecule has 0 unspecified atom stereocenters. The summed E-state index contributed by atoms with van der Waals surface area (Å²) in [5.41, 5.74) is 2.32. The second-order valence-corrected chi connectivity index (χ2v) is 7.48. The fourth-order valence-electron chi connectivity index (χ4n) is 2.64. The summed E-state index contributed by atoms with van der Waals surface area (Å²) in [6, 6.07) is 10.3. The number of nitrogens with one attached hydrogen (secondary N) is 1. The molecule has 0 aliphatic rings. The van der Waals surface area contributed by atoms with Crippen molar-refractivity contribution in [1.29, 1.82) is 0 Å². The summed E-state index contributed by atoms with van der Waals surface area (Å²) in [5, 5.41) is 10.8. The normalized spacial score (nSPS) is 13.2. The van der Waals surface area contributed by atoms with Gasteiger partial charge in [0.1, 0.15) is 11.3 Å². The highest BCUT2D eigenvalue weighted by Gasteiger charge is 2.29. The third-order valence-electron chi connectivity index (χ3n) is 3.87. The van der Waals surface area contributed by atoms with Gasteiger partial charge in [-0.2, -0.15) is 0 Å². The molecule has 7 heteroatoms. The highest BCUT2D eigenvalue weighted by atomic mass is 32.1. The second-order valence-electron chi connectivity index (χ2n) is 5.50. The number of rotatable bonds is 6. The van der Waals surface area contributed by atoms with Crippen LogP contribution in [0, 0.1) is 11.7 Å². The Balaban J connectivity index is 1.95. The molecule has 0 bridgehead atoms. The summed E-state index contributed by atoms with van der Waals surface area (Å²) in [6.07, 6.45) is 1.77. The smallest absolute Gasteiger partial charge is 0.230 e. The van der Waals surface area contributed by atoms with Crippen LogP contribution in [0.2, 0.25) is 0 Å². The van der Waals surface area contributed by atoms with Crippen LogP contribution in [-0.2, 0) is 4.79 Å². The Labute approximate surface area is 153 Å². The van der Waals surface area contributed by atoms with E-state index in [4.69, 9.17) is 0 Å². The quantitative estimate of drug-likeness (QED) is 0.676. The van der Waals surface area contributed by atoms with Crippen molar-refractivity contribution in [1.82, 2.24) is 10.2 Å². The van der Waals surface area contributed by atoms with Crippen molar-refractivity contribution < 1.29 is 9.18 Å². The van der Waals surface area contributed by atoms with Crippen molar-refractivity contribution in [3.05, 3.63) is 69.6 Å². The Hall–Kier alpha value is -2.38. The molecule has 1 N–H and O–H groups in total. The fourth-order valence-corrected chi connectivity index (χ4v) is 4.19. The Morgan fingerprint density at radius 1 is 1.36 bits per heavy atom. The zero-order valence-corrected chi connectivity index (χ0v) is 15.1. The summed E-state index contributed by atoms with van der Waals surface area (Å²) >= 11 is 2.81. The van der Waals surface area contributed by atoms with E-state index in [0.29, 0.717) is 5.13 Å². The van der Waals surface area contributed by atoms with Gasteiger partial charge in [-0.05, 0) is 29.8 Å². The van der Waals surface area contributed by atoms with Crippen molar-refractivity contribution in [2.75, 3.05) is 5.32 Å². The topological polar surface area (TPSA) is 54.9 Å². The van der Waals surface area contributed by atoms with E-state index >= 15 is 0 Å². The van der Waals surface area contributed by atoms with Crippen LogP contribution in [0.5, 0.6) is 0 Å². The SMILES string of the molecule is C=Cc1ccc([C@H](c2cccc(F)c2)[C@H](C)C(=O)Nc2nncs2)s1. The highest BCUT2D eigenvalue weighted by molar-refractivity contribution is 7.13. The van der Waals surface area contributed by atoms with Gasteiger partial charge < -0.3 is 5.32 Å². The number of benzene rings is 1. The van der Waals surface area contributed by atoms with Gasteiger partial charge in [-0.15, -0.1) is 21.5 Å². The summed E-state index contributed by atoms with van der Waals surface area (Å²) < 4.78 is 13.8. The first-order valence-electron chi connectivity index (χ1n) is 7.63. The number of nitrogens with zero attached hydrogens (tertiary/aromatic N) is 2. The molecule has 0 saturated carbocycles. The van der Waals surface area contributed by atoms with E-state index in [-0.39, 0.29) is 17.6 Å². The van der Waals surface area contributed by atoms with Crippen molar-refractivity contribution in [3.8, 4) is 0 Å². The predicted octanol–water partition coefficient (Wildman–Crippen LogP) is 4.79. The first-order chi connectivity index (χ1) is 12.1. The third kappa shape index (κ3) is 4.00. The van der Waals surface area contributed by atoms with Crippen LogP contribution in [0.15, 0.2) is 48.5 Å². The molecular weight excluding hydrogens is 357 g/mol. The molecule has 0 radical (unpaired) electrons. The minimum Gasteiger partial charge on any atom is -0.300 e. The number of thiophene rings is 1. The zero-order chi connectivity index (χ0) is 17.8. The second kappa shape index (κ2) is 7.67. The number of aromatic nitrogens is 2. The Kier molecular flexibility index (Phi) is 5.35. The first-order valence-corrected chi connectivity index (χ1v) is 9.32. The number of anilines is 1. The van der Waals surface area contributed by atoms with E-state index < -0.39 is 5.92 Å². The van der Waals surface area contributed by atoms with Crippen LogP contribution in [0.25, 0.3) is 6.08 Å². The van der Waals surface area contributed by atoms with Gasteiger partial charge in [-0.25, -0.2) is 4.39 Å². The van der Waals surface area contributed by atoms with Crippen molar-refractivity contribution in [2.45, 2.75) is 12.8 Å². The maximum Gasteiger partial charge on any atom is 0.230 e. The molecule has 1 aromatic carbocycles. The molecule has 0 fully saturated rings. The molecule has 0 saturated heterocycles. The minimum atomic E-state index is -0.415. The lowest BCUT2D eigenvalue weighted by atomic mass is 9.85. The van der Waals surface area contributed by atoms with Crippen LogP contribution in [0.4, 0.5) is 9.52 Å². The molecule has 3 rings (SSSR count). The lowest BCUT2D eigenvalue weighted by Gasteiger charge is -2.22. The maximum atomic E-state index is 13.8. The van der Waals surface area contributed by atoms with Gasteiger partial charge in [0, 0.05) is 21.6 Å². The standard InChI is InChI=1S/C18H16FN3OS2/c1-3-14-7-8-15(25-14)16(12-5-4-6-13(19)9-12)11(2)17(23)21-18-22-20-10-24-18/h3-11,16H,1H2,2H3,(H,21,22,23)/t11-,16-/m0/s1. The van der Waals surface area contributed by atoms with E-state index in [1.54, 1.807) is 29.0 Å². The van der Waals surface area contributed by atoms with Gasteiger partial charge in [0.15, 0.2) is 0 Å². The van der Waals surface area contributed by atoms with Crippen molar-refractivity contribution in [3.63, 3.8) is 0 Å². The average Bonchev–Trinajstić information content (AvgIpc) is 3.27. The number of hydrogen-bond donors (Lipinski definition) is 1. The van der Waals surface area contributed by atoms with Crippen LogP contribution in [-0.4, -0.2) is 16.1 Å². The average molecular weight is 373 g/mol. The summed E-state index contributed by atoms with van der Waals surface area (Å²) in [7, 11) is 0. The van der Waals surface area contributed by atoms with Gasteiger partial charge in [0.2, 0.25) is 11.0 Å². The molecule has 0 aliphatic heterocycles. The number of carbonyl (C=O) groups excluding carboxylic acids is 1. The van der Waals surface area contributed by atoms with Crippen LogP contribution < -0.4 is 5.32 Å². The highest BCUT2D eigenvalue weighted by Crippen LogP contribution is 2.37. The van der Waals surface area contributed by atoms with Gasteiger partial charge in [0.25, 0.3) is 0 Å². The number of carbonyl (C=O) groups is 1. The zero-order valence-electron chi connectivity index (χ0n) is 13.5. The largest absolute Gasteiger partial charge is 0.300 e.